The molecule has 2 aromatic heterocycles. The molecule has 5 nitrogen and oxygen atoms in total. The van der Waals surface area contributed by atoms with Crippen molar-refractivity contribution in [3.63, 3.8) is 0 Å². The Kier molecular flexibility index (Phi) is 4.13. The number of hydrogen-bond donors (Lipinski definition) is 2. The normalized spacial score (nSPS) is 11.5. The molecule has 120 valence electrons. The Labute approximate surface area is 139 Å². The Bertz CT molecular complexity index is 858. The van der Waals surface area contributed by atoms with Crippen LogP contribution >= 0.6 is 11.6 Å². The average molecular weight is 332 g/mol. The fraction of sp³-hybridized carbons (Fsp3) is 0.294. The summed E-state index contributed by atoms with van der Waals surface area (Å²) in [6, 6.07) is 7.85. The van der Waals surface area contributed by atoms with Crippen LogP contribution in [0.1, 0.15) is 30.8 Å². The summed E-state index contributed by atoms with van der Waals surface area (Å²) in [5.74, 6) is -0.135. The lowest BCUT2D eigenvalue weighted by atomic mass is 10.1. The van der Waals surface area contributed by atoms with Crippen LogP contribution in [-0.4, -0.2) is 15.1 Å². The lowest BCUT2D eigenvalue weighted by Gasteiger charge is -2.11. The van der Waals surface area contributed by atoms with E-state index >= 15 is 0 Å². The molecule has 3 aromatic rings. The first-order valence-electron chi connectivity index (χ1n) is 7.52. The first-order valence-corrected chi connectivity index (χ1v) is 7.90. The van der Waals surface area contributed by atoms with Crippen molar-refractivity contribution in [3.8, 4) is 5.88 Å². The molecule has 0 aliphatic rings. The maximum Gasteiger partial charge on any atom is 0.399 e. The van der Waals surface area contributed by atoms with Gasteiger partial charge in [0.2, 0.25) is 5.69 Å². The van der Waals surface area contributed by atoms with Gasteiger partial charge < -0.3 is 15.3 Å². The van der Waals surface area contributed by atoms with Crippen molar-refractivity contribution in [1.29, 1.82) is 0 Å². The summed E-state index contributed by atoms with van der Waals surface area (Å²) < 4.78 is 0.500. The smallest absolute Gasteiger partial charge is 0.399 e. The van der Waals surface area contributed by atoms with E-state index in [1.165, 1.54) is 0 Å². The van der Waals surface area contributed by atoms with E-state index < -0.39 is 0 Å². The number of aromatic hydroxyl groups is 1. The Morgan fingerprint density at radius 2 is 2.09 bits per heavy atom. The molecule has 2 N–H and O–H groups in total. The molecule has 23 heavy (non-hydrogen) atoms. The van der Waals surface area contributed by atoms with Gasteiger partial charge in [0.15, 0.2) is 10.8 Å². The Morgan fingerprint density at radius 3 is 2.83 bits per heavy atom. The second-order valence-corrected chi connectivity index (χ2v) is 6.41. The summed E-state index contributed by atoms with van der Waals surface area (Å²) in [6.07, 6.45) is 2.66. The van der Waals surface area contributed by atoms with Crippen molar-refractivity contribution >= 4 is 22.5 Å². The minimum atomic E-state index is -0.379. The third-order valence-electron chi connectivity index (χ3n) is 3.80. The Balaban J connectivity index is 2.00. The molecule has 0 bridgehead atoms. The number of aromatic nitrogens is 3. The van der Waals surface area contributed by atoms with E-state index in [1.54, 1.807) is 0 Å². The van der Waals surface area contributed by atoms with Crippen LogP contribution in [0.2, 0.25) is 5.15 Å². The average Bonchev–Trinajstić information content (AvgIpc) is 2.92. The van der Waals surface area contributed by atoms with Gasteiger partial charge in [-0.25, -0.2) is 4.98 Å². The van der Waals surface area contributed by atoms with Crippen LogP contribution in [0.25, 0.3) is 10.9 Å². The second-order valence-electron chi connectivity index (χ2n) is 6.05. The number of halogens is 1. The zero-order valence-corrected chi connectivity index (χ0v) is 13.8. The Hall–Kier alpha value is -2.27. The van der Waals surface area contributed by atoms with Crippen LogP contribution in [0.5, 0.6) is 5.88 Å². The fourth-order valence-corrected chi connectivity index (χ4v) is 2.95. The van der Waals surface area contributed by atoms with Crippen molar-refractivity contribution in [2.45, 2.75) is 26.7 Å². The van der Waals surface area contributed by atoms with Crippen LogP contribution < -0.4 is 4.73 Å². The number of hydrogen-bond acceptors (Lipinski definition) is 3. The van der Waals surface area contributed by atoms with Gasteiger partial charge >= 0.3 is 5.88 Å². The molecule has 1 aromatic carbocycles. The number of nitrogens with zero attached hydrogens (tertiary/aromatic N) is 2. The van der Waals surface area contributed by atoms with Gasteiger partial charge in [-0.2, -0.15) is 0 Å². The zero-order chi connectivity index (χ0) is 16.6. The maximum atomic E-state index is 12.3. The number of para-hydroxylation sites is 1. The largest absolute Gasteiger partial charge is 0.616 e. The van der Waals surface area contributed by atoms with Crippen molar-refractivity contribution in [1.82, 2.24) is 9.97 Å². The number of H-pyrrole nitrogens is 1. The molecule has 0 radical (unpaired) electrons. The van der Waals surface area contributed by atoms with E-state index in [0.717, 1.165) is 16.5 Å². The molecular weight excluding hydrogens is 314 g/mol. The summed E-state index contributed by atoms with van der Waals surface area (Å²) in [6.45, 7) is 3.96. The van der Waals surface area contributed by atoms with Gasteiger partial charge in [0, 0.05) is 29.9 Å². The predicted molar refractivity (Wildman–Crippen MR) is 89.5 cm³/mol. The SMILES string of the molecule is CC(C)Cc1c(Cl)nc(Cc2c[nH]c3ccccc23)c(O)[n+]1[O-]. The number of benzene rings is 1. The van der Waals surface area contributed by atoms with Gasteiger partial charge in [-0.3, -0.25) is 0 Å². The lowest BCUT2D eigenvalue weighted by molar-refractivity contribution is -0.623. The van der Waals surface area contributed by atoms with Crippen LogP contribution in [0.3, 0.4) is 0 Å². The quantitative estimate of drug-likeness (QED) is 0.568. The van der Waals surface area contributed by atoms with E-state index in [9.17, 15) is 10.3 Å². The zero-order valence-electron chi connectivity index (χ0n) is 13.0. The van der Waals surface area contributed by atoms with E-state index in [1.807, 2.05) is 44.3 Å². The molecule has 0 saturated heterocycles. The summed E-state index contributed by atoms with van der Waals surface area (Å²) in [4.78, 5) is 7.42. The van der Waals surface area contributed by atoms with E-state index in [-0.39, 0.29) is 22.6 Å². The van der Waals surface area contributed by atoms with Crippen LogP contribution in [-0.2, 0) is 12.8 Å². The summed E-state index contributed by atoms with van der Waals surface area (Å²) in [5.41, 5.74) is 2.54. The minimum Gasteiger partial charge on any atom is -0.616 e. The first-order chi connectivity index (χ1) is 11.0. The monoisotopic (exact) mass is 331 g/mol. The van der Waals surface area contributed by atoms with Crippen molar-refractivity contribution in [2.75, 3.05) is 0 Å². The molecule has 3 rings (SSSR count). The van der Waals surface area contributed by atoms with Gasteiger partial charge in [-0.15, -0.1) is 4.73 Å². The molecule has 0 atom stereocenters. The molecule has 0 spiro atoms. The van der Waals surface area contributed by atoms with Crippen LogP contribution in [0.4, 0.5) is 0 Å². The predicted octanol–water partition coefficient (Wildman–Crippen LogP) is 3.34. The lowest BCUT2D eigenvalue weighted by Crippen LogP contribution is -2.35. The highest BCUT2D eigenvalue weighted by Crippen LogP contribution is 2.25. The molecule has 2 heterocycles. The highest BCUT2D eigenvalue weighted by Gasteiger charge is 2.24. The first kappa shape index (κ1) is 15.6. The van der Waals surface area contributed by atoms with Crippen LogP contribution in [0.15, 0.2) is 30.5 Å². The highest BCUT2D eigenvalue weighted by atomic mass is 35.5. The van der Waals surface area contributed by atoms with Gasteiger partial charge in [0.1, 0.15) is 0 Å². The highest BCUT2D eigenvalue weighted by molar-refractivity contribution is 6.29. The maximum absolute atomic E-state index is 12.3. The summed E-state index contributed by atoms with van der Waals surface area (Å²) in [5, 5.41) is 23.7. The summed E-state index contributed by atoms with van der Waals surface area (Å²) in [7, 11) is 0. The molecule has 0 aliphatic heterocycles. The summed E-state index contributed by atoms with van der Waals surface area (Å²) >= 11 is 6.16. The fourth-order valence-electron chi connectivity index (χ4n) is 2.69. The van der Waals surface area contributed by atoms with Gasteiger partial charge in [0.25, 0.3) is 0 Å². The number of fused-ring (bicyclic) bond motifs is 1. The van der Waals surface area contributed by atoms with E-state index in [0.29, 0.717) is 23.3 Å². The third kappa shape index (κ3) is 2.97. The van der Waals surface area contributed by atoms with Crippen molar-refractivity contribution in [3.05, 3.63) is 57.8 Å². The number of rotatable bonds is 4. The van der Waals surface area contributed by atoms with Crippen LogP contribution in [0, 0.1) is 11.1 Å². The molecule has 0 unspecified atom stereocenters. The number of aromatic amines is 1. The molecule has 0 saturated carbocycles. The van der Waals surface area contributed by atoms with Gasteiger partial charge in [0.05, 0.1) is 0 Å². The van der Waals surface area contributed by atoms with Crippen molar-refractivity contribution in [2.24, 2.45) is 5.92 Å². The van der Waals surface area contributed by atoms with Crippen molar-refractivity contribution < 1.29 is 9.84 Å². The molecule has 0 aliphatic carbocycles. The Morgan fingerprint density at radius 1 is 1.35 bits per heavy atom. The molecule has 0 fully saturated rings. The topological polar surface area (TPSA) is 75.8 Å². The molecule has 0 amide bonds. The third-order valence-corrected chi connectivity index (χ3v) is 4.10. The van der Waals surface area contributed by atoms with E-state index in [2.05, 4.69) is 9.97 Å². The standard InChI is InChI=1S/C17H18ClN3O2/c1-10(2)7-15-16(18)20-14(17(22)21(15)23)8-11-9-19-13-6-4-3-5-12(11)13/h3-6,9-10,19,22H,7-8H2,1-2H3. The molecule has 6 heteroatoms. The molecular formula is C17H18ClN3O2. The van der Waals surface area contributed by atoms with Gasteiger partial charge in [-0.05, 0) is 17.5 Å². The van der Waals surface area contributed by atoms with Gasteiger partial charge in [-0.1, -0.05) is 43.6 Å². The van der Waals surface area contributed by atoms with E-state index in [4.69, 9.17) is 11.6 Å². The second kappa shape index (κ2) is 6.08. The minimum absolute atomic E-state index is 0.154. The number of nitrogens with one attached hydrogen (secondary N) is 1.